The van der Waals surface area contributed by atoms with Gasteiger partial charge in [0.2, 0.25) is 5.95 Å². The number of imidazole rings is 1. The number of rotatable bonds is 3. The Morgan fingerprint density at radius 3 is 2.82 bits per heavy atom. The average Bonchev–Trinajstić information content (AvgIpc) is 2.72. The summed E-state index contributed by atoms with van der Waals surface area (Å²) in [6.07, 6.45) is 3.65. The van der Waals surface area contributed by atoms with Gasteiger partial charge in [-0.2, -0.15) is 0 Å². The van der Waals surface area contributed by atoms with Crippen LogP contribution in [0, 0.1) is 5.82 Å². The largest absolute Gasteiger partial charge is 0.326 e. The van der Waals surface area contributed by atoms with Crippen molar-refractivity contribution >= 4 is 27.6 Å². The molecule has 0 saturated heterocycles. The standard InChI is InChI=1S/C12H13BrFN3/c1-8(2)17-6-5-15-12(17)16-9-3-4-11(14)10(13)7-9/h3-8H,1-2H3,(H,15,16). The summed E-state index contributed by atoms with van der Waals surface area (Å²) in [5, 5.41) is 3.16. The molecule has 90 valence electrons. The number of halogens is 2. The number of nitrogens with one attached hydrogen (secondary N) is 1. The van der Waals surface area contributed by atoms with Gasteiger partial charge in [0, 0.05) is 24.1 Å². The molecule has 0 aliphatic carbocycles. The maximum atomic E-state index is 13.1. The molecule has 1 aromatic carbocycles. The molecule has 1 N–H and O–H groups in total. The molecule has 2 rings (SSSR count). The molecule has 0 bridgehead atoms. The molecule has 3 nitrogen and oxygen atoms in total. The lowest BCUT2D eigenvalue weighted by Gasteiger charge is -2.12. The van der Waals surface area contributed by atoms with Crippen molar-refractivity contribution in [2.45, 2.75) is 19.9 Å². The fourth-order valence-corrected chi connectivity index (χ4v) is 1.91. The molecule has 0 spiro atoms. The van der Waals surface area contributed by atoms with Gasteiger partial charge < -0.3 is 9.88 Å². The normalized spacial score (nSPS) is 10.9. The predicted octanol–water partition coefficient (Wildman–Crippen LogP) is 4.11. The number of nitrogens with zero attached hydrogens (tertiary/aromatic N) is 2. The Morgan fingerprint density at radius 2 is 2.18 bits per heavy atom. The van der Waals surface area contributed by atoms with Crippen LogP contribution in [0.15, 0.2) is 35.1 Å². The maximum absolute atomic E-state index is 13.1. The number of benzene rings is 1. The minimum absolute atomic E-state index is 0.275. The van der Waals surface area contributed by atoms with Crippen LogP contribution in [-0.2, 0) is 0 Å². The Balaban J connectivity index is 2.25. The van der Waals surface area contributed by atoms with Crippen molar-refractivity contribution in [3.8, 4) is 0 Å². The molecule has 0 fully saturated rings. The predicted molar refractivity (Wildman–Crippen MR) is 70.0 cm³/mol. The van der Waals surface area contributed by atoms with Crippen LogP contribution < -0.4 is 5.32 Å². The van der Waals surface area contributed by atoms with Gasteiger partial charge in [-0.3, -0.25) is 0 Å². The van der Waals surface area contributed by atoms with Crippen LogP contribution in [-0.4, -0.2) is 9.55 Å². The lowest BCUT2D eigenvalue weighted by atomic mass is 10.3. The average molecular weight is 298 g/mol. The van der Waals surface area contributed by atoms with E-state index in [-0.39, 0.29) is 5.82 Å². The van der Waals surface area contributed by atoms with Gasteiger partial charge in [0.05, 0.1) is 4.47 Å². The highest BCUT2D eigenvalue weighted by Crippen LogP contribution is 2.23. The highest BCUT2D eigenvalue weighted by Gasteiger charge is 2.07. The van der Waals surface area contributed by atoms with E-state index in [1.165, 1.54) is 6.07 Å². The second-order valence-electron chi connectivity index (χ2n) is 4.01. The monoisotopic (exact) mass is 297 g/mol. The summed E-state index contributed by atoms with van der Waals surface area (Å²) in [4.78, 5) is 4.23. The second-order valence-corrected chi connectivity index (χ2v) is 4.86. The SMILES string of the molecule is CC(C)n1ccnc1Nc1ccc(F)c(Br)c1. The molecule has 0 amide bonds. The molecule has 0 aliphatic heterocycles. The molecular weight excluding hydrogens is 285 g/mol. The Bertz CT molecular complexity index is 522. The zero-order chi connectivity index (χ0) is 12.4. The number of hydrogen-bond acceptors (Lipinski definition) is 2. The van der Waals surface area contributed by atoms with E-state index in [0.717, 1.165) is 11.6 Å². The van der Waals surface area contributed by atoms with Crippen LogP contribution in [0.2, 0.25) is 0 Å². The van der Waals surface area contributed by atoms with Gasteiger partial charge in [-0.15, -0.1) is 0 Å². The van der Waals surface area contributed by atoms with Crippen LogP contribution in [0.5, 0.6) is 0 Å². The molecule has 17 heavy (non-hydrogen) atoms. The molecule has 0 saturated carbocycles. The van der Waals surface area contributed by atoms with Crippen LogP contribution in [0.4, 0.5) is 16.0 Å². The third-order valence-electron chi connectivity index (χ3n) is 2.40. The topological polar surface area (TPSA) is 29.9 Å². The Labute approximate surface area is 108 Å². The van der Waals surface area contributed by atoms with Crippen LogP contribution in [0.1, 0.15) is 19.9 Å². The minimum atomic E-state index is -0.275. The molecule has 0 aliphatic rings. The molecule has 2 aromatic rings. The molecule has 0 radical (unpaired) electrons. The number of aromatic nitrogens is 2. The van der Waals surface area contributed by atoms with E-state index in [2.05, 4.69) is 40.1 Å². The fraction of sp³-hybridized carbons (Fsp3) is 0.250. The van der Waals surface area contributed by atoms with Crippen LogP contribution in [0.3, 0.4) is 0 Å². The smallest absolute Gasteiger partial charge is 0.207 e. The van der Waals surface area contributed by atoms with Crippen LogP contribution in [0.25, 0.3) is 0 Å². The van der Waals surface area contributed by atoms with E-state index in [0.29, 0.717) is 10.5 Å². The van der Waals surface area contributed by atoms with Gasteiger partial charge in [0.15, 0.2) is 0 Å². The number of anilines is 2. The zero-order valence-corrected chi connectivity index (χ0v) is 11.2. The molecule has 5 heteroatoms. The Kier molecular flexibility index (Phi) is 3.47. The van der Waals surface area contributed by atoms with Crippen molar-refractivity contribution < 1.29 is 4.39 Å². The van der Waals surface area contributed by atoms with E-state index < -0.39 is 0 Å². The van der Waals surface area contributed by atoms with Gasteiger partial charge in [0.25, 0.3) is 0 Å². The van der Waals surface area contributed by atoms with Crippen molar-refractivity contribution in [1.82, 2.24) is 9.55 Å². The summed E-state index contributed by atoms with van der Waals surface area (Å²) in [5.74, 6) is 0.473. The highest BCUT2D eigenvalue weighted by atomic mass is 79.9. The summed E-state index contributed by atoms with van der Waals surface area (Å²) in [5.41, 5.74) is 0.798. The van der Waals surface area contributed by atoms with Crippen LogP contribution >= 0.6 is 15.9 Å². The van der Waals surface area contributed by atoms with E-state index >= 15 is 0 Å². The lowest BCUT2D eigenvalue weighted by Crippen LogP contribution is -2.05. The van der Waals surface area contributed by atoms with E-state index in [4.69, 9.17) is 0 Å². The van der Waals surface area contributed by atoms with Crippen molar-refractivity contribution in [3.63, 3.8) is 0 Å². The van der Waals surface area contributed by atoms with Gasteiger partial charge in [-0.25, -0.2) is 9.37 Å². The third kappa shape index (κ3) is 2.66. The lowest BCUT2D eigenvalue weighted by molar-refractivity contribution is 0.607. The van der Waals surface area contributed by atoms with Crippen molar-refractivity contribution in [1.29, 1.82) is 0 Å². The Hall–Kier alpha value is -1.36. The first-order chi connectivity index (χ1) is 8.08. The summed E-state index contributed by atoms with van der Waals surface area (Å²) in [6, 6.07) is 5.10. The number of hydrogen-bond donors (Lipinski definition) is 1. The Morgan fingerprint density at radius 1 is 1.41 bits per heavy atom. The highest BCUT2D eigenvalue weighted by molar-refractivity contribution is 9.10. The van der Waals surface area contributed by atoms with E-state index in [1.807, 2.05) is 10.8 Å². The quantitative estimate of drug-likeness (QED) is 0.924. The first-order valence-electron chi connectivity index (χ1n) is 5.33. The maximum Gasteiger partial charge on any atom is 0.207 e. The third-order valence-corrected chi connectivity index (χ3v) is 3.01. The molecule has 0 atom stereocenters. The summed E-state index contributed by atoms with van der Waals surface area (Å²) in [6.45, 7) is 4.15. The second kappa shape index (κ2) is 4.87. The van der Waals surface area contributed by atoms with Gasteiger partial charge >= 0.3 is 0 Å². The first kappa shape index (κ1) is 12.1. The van der Waals surface area contributed by atoms with Crippen molar-refractivity contribution in [3.05, 3.63) is 40.9 Å². The zero-order valence-electron chi connectivity index (χ0n) is 9.61. The molecule has 0 unspecified atom stereocenters. The molecule has 1 aromatic heterocycles. The van der Waals surface area contributed by atoms with Gasteiger partial charge in [-0.05, 0) is 48.0 Å². The van der Waals surface area contributed by atoms with Gasteiger partial charge in [0.1, 0.15) is 5.82 Å². The summed E-state index contributed by atoms with van der Waals surface area (Å²) in [7, 11) is 0. The first-order valence-corrected chi connectivity index (χ1v) is 6.12. The molecule has 1 heterocycles. The minimum Gasteiger partial charge on any atom is -0.326 e. The summed E-state index contributed by atoms with van der Waals surface area (Å²) >= 11 is 3.16. The molecular formula is C12H13BrFN3. The van der Waals surface area contributed by atoms with Gasteiger partial charge in [-0.1, -0.05) is 0 Å². The van der Waals surface area contributed by atoms with E-state index in [1.54, 1.807) is 18.3 Å². The van der Waals surface area contributed by atoms with Crippen molar-refractivity contribution in [2.24, 2.45) is 0 Å². The fourth-order valence-electron chi connectivity index (χ4n) is 1.53. The van der Waals surface area contributed by atoms with Crippen molar-refractivity contribution in [2.75, 3.05) is 5.32 Å². The van der Waals surface area contributed by atoms with E-state index in [9.17, 15) is 4.39 Å². The summed E-state index contributed by atoms with van der Waals surface area (Å²) < 4.78 is 15.5.